The van der Waals surface area contributed by atoms with Gasteiger partial charge in [0, 0.05) is 22.6 Å². The highest BCUT2D eigenvalue weighted by Gasteiger charge is 2.26. The minimum Gasteiger partial charge on any atom is -0.286 e. The van der Waals surface area contributed by atoms with Crippen molar-refractivity contribution in [1.29, 1.82) is 0 Å². The number of benzene rings is 2. The monoisotopic (exact) mass is 272 g/mol. The average molecular weight is 272 g/mol. The lowest BCUT2D eigenvalue weighted by Gasteiger charge is -2.07. The minimum absolute atomic E-state index is 0.210. The van der Waals surface area contributed by atoms with E-state index in [1.807, 2.05) is 12.1 Å². The Kier molecular flexibility index (Phi) is 2.14. The molecule has 2 nitrogen and oxygen atoms in total. The molecule has 18 heavy (non-hydrogen) atoms. The normalized spacial score (nSPS) is 17.3. The summed E-state index contributed by atoms with van der Waals surface area (Å²) in [7, 11) is 0. The van der Waals surface area contributed by atoms with E-state index in [0.717, 1.165) is 31.7 Å². The average Bonchev–Trinajstić information content (AvgIpc) is 2.89. The van der Waals surface area contributed by atoms with Crippen LogP contribution in [0.2, 0.25) is 0 Å². The van der Waals surface area contributed by atoms with Crippen LogP contribution in [0.25, 0.3) is 10.8 Å². The van der Waals surface area contributed by atoms with Gasteiger partial charge < -0.3 is 0 Å². The predicted molar refractivity (Wildman–Crippen MR) is 73.1 cm³/mol. The van der Waals surface area contributed by atoms with Gasteiger partial charge in [-0.1, -0.05) is 47.8 Å². The van der Waals surface area contributed by atoms with Gasteiger partial charge in [-0.3, -0.25) is 9.59 Å². The highest BCUT2D eigenvalue weighted by atomic mass is 32.2. The van der Waals surface area contributed by atoms with Crippen LogP contribution in [-0.4, -0.2) is 10.2 Å². The Morgan fingerprint density at radius 3 is 1.61 bits per heavy atom. The molecule has 0 aliphatic carbocycles. The van der Waals surface area contributed by atoms with Gasteiger partial charge >= 0.3 is 0 Å². The molecule has 0 N–H and O–H groups in total. The van der Waals surface area contributed by atoms with Crippen LogP contribution in [0.15, 0.2) is 34.1 Å². The van der Waals surface area contributed by atoms with Gasteiger partial charge in [-0.2, -0.15) is 0 Å². The molecule has 2 aliphatic rings. The highest BCUT2D eigenvalue weighted by molar-refractivity contribution is 8.14. The van der Waals surface area contributed by atoms with Crippen molar-refractivity contribution in [3.63, 3.8) is 0 Å². The van der Waals surface area contributed by atoms with Crippen molar-refractivity contribution in [2.75, 3.05) is 0 Å². The number of hydrogen-bond donors (Lipinski definition) is 0. The lowest BCUT2D eigenvalue weighted by atomic mass is 10.0. The topological polar surface area (TPSA) is 34.1 Å². The van der Waals surface area contributed by atoms with Gasteiger partial charge in [0.1, 0.15) is 0 Å². The van der Waals surface area contributed by atoms with Crippen molar-refractivity contribution in [1.82, 2.24) is 0 Å². The molecule has 4 rings (SSSR count). The molecule has 0 bridgehead atoms. The van der Waals surface area contributed by atoms with E-state index >= 15 is 0 Å². The van der Waals surface area contributed by atoms with Crippen LogP contribution in [0.3, 0.4) is 0 Å². The van der Waals surface area contributed by atoms with E-state index < -0.39 is 0 Å². The summed E-state index contributed by atoms with van der Waals surface area (Å²) in [6.45, 7) is 0. The van der Waals surface area contributed by atoms with Gasteiger partial charge in [-0.25, -0.2) is 0 Å². The van der Waals surface area contributed by atoms with Crippen LogP contribution in [-0.2, 0) is 22.4 Å². The molecule has 0 fully saturated rings. The van der Waals surface area contributed by atoms with Crippen LogP contribution < -0.4 is 0 Å². The first-order chi connectivity index (χ1) is 8.72. The molecule has 4 heteroatoms. The number of carbonyl (C=O) groups excluding carboxylic acids is 2. The maximum Gasteiger partial charge on any atom is 0.198 e. The Morgan fingerprint density at radius 1 is 0.722 bits per heavy atom. The van der Waals surface area contributed by atoms with Crippen molar-refractivity contribution < 1.29 is 9.59 Å². The Balaban J connectivity index is 2.05. The van der Waals surface area contributed by atoms with E-state index in [1.165, 1.54) is 23.5 Å². The molecule has 0 atom stereocenters. The SMILES string of the molecule is O=C1Cc2ccc3c4c(ccc3c2S1)CC(=O)S4. The zero-order valence-corrected chi connectivity index (χ0v) is 11.0. The second-order valence-corrected chi connectivity index (χ2v) is 6.64. The van der Waals surface area contributed by atoms with Crippen LogP contribution in [0.4, 0.5) is 0 Å². The molecular formula is C14H8O2S2. The Labute approximate surface area is 112 Å². The standard InChI is InChI=1S/C14H8O2S2/c15-11-5-7-1-3-9-10(13(7)17-11)4-2-8-6-12(16)18-14(8)9/h1-4H,5-6H2. The van der Waals surface area contributed by atoms with Crippen molar-refractivity contribution in [2.24, 2.45) is 0 Å². The van der Waals surface area contributed by atoms with Crippen molar-refractivity contribution in [3.8, 4) is 0 Å². The maximum absolute atomic E-state index is 11.5. The van der Waals surface area contributed by atoms with E-state index in [4.69, 9.17) is 0 Å². The fourth-order valence-electron chi connectivity index (χ4n) is 2.57. The molecule has 2 aliphatic heterocycles. The van der Waals surface area contributed by atoms with E-state index in [0.29, 0.717) is 12.8 Å². The van der Waals surface area contributed by atoms with E-state index in [9.17, 15) is 9.59 Å². The van der Waals surface area contributed by atoms with Crippen LogP contribution in [0.5, 0.6) is 0 Å². The summed E-state index contributed by atoms with van der Waals surface area (Å²) in [4.78, 5) is 25.2. The summed E-state index contributed by atoms with van der Waals surface area (Å²) in [6, 6.07) is 8.16. The quantitative estimate of drug-likeness (QED) is 0.737. The Bertz CT molecular complexity index is 671. The largest absolute Gasteiger partial charge is 0.286 e. The fourth-order valence-corrected chi connectivity index (χ4v) is 4.60. The molecule has 0 saturated heterocycles. The van der Waals surface area contributed by atoms with Gasteiger partial charge in [0.2, 0.25) is 0 Å². The third kappa shape index (κ3) is 1.39. The zero-order chi connectivity index (χ0) is 12.3. The maximum atomic E-state index is 11.5. The van der Waals surface area contributed by atoms with Gasteiger partial charge in [0.25, 0.3) is 0 Å². The summed E-state index contributed by atoms with van der Waals surface area (Å²) in [5.41, 5.74) is 2.23. The van der Waals surface area contributed by atoms with Gasteiger partial charge in [0.15, 0.2) is 10.2 Å². The first-order valence-corrected chi connectivity index (χ1v) is 7.34. The fraction of sp³-hybridized carbons (Fsp3) is 0.143. The lowest BCUT2D eigenvalue weighted by Crippen LogP contribution is -1.88. The molecule has 0 saturated carbocycles. The van der Waals surface area contributed by atoms with Crippen molar-refractivity contribution in [3.05, 3.63) is 35.4 Å². The van der Waals surface area contributed by atoms with Crippen LogP contribution in [0, 0.1) is 0 Å². The van der Waals surface area contributed by atoms with Gasteiger partial charge in [-0.15, -0.1) is 0 Å². The summed E-state index contributed by atoms with van der Waals surface area (Å²) in [5.74, 6) is 0. The number of carbonyl (C=O) groups is 2. The molecule has 0 unspecified atom stereocenters. The lowest BCUT2D eigenvalue weighted by molar-refractivity contribution is -0.110. The number of rotatable bonds is 0. The van der Waals surface area contributed by atoms with E-state index in [2.05, 4.69) is 12.1 Å². The minimum atomic E-state index is 0.210. The third-order valence-corrected chi connectivity index (χ3v) is 5.48. The second kappa shape index (κ2) is 3.62. The molecule has 0 amide bonds. The van der Waals surface area contributed by atoms with Gasteiger partial charge in [0.05, 0.1) is 0 Å². The Morgan fingerprint density at radius 2 is 1.17 bits per heavy atom. The Hall–Kier alpha value is -1.26. The molecule has 2 aromatic rings. The molecule has 0 spiro atoms. The van der Waals surface area contributed by atoms with Crippen LogP contribution in [0.1, 0.15) is 11.1 Å². The number of thioether (sulfide) groups is 2. The van der Waals surface area contributed by atoms with Gasteiger partial charge in [-0.05, 0) is 21.9 Å². The molecule has 0 aromatic heterocycles. The van der Waals surface area contributed by atoms with Crippen molar-refractivity contribution >= 4 is 44.5 Å². The number of hydrogen-bond acceptors (Lipinski definition) is 4. The summed E-state index contributed by atoms with van der Waals surface area (Å²) < 4.78 is 0. The molecule has 2 heterocycles. The van der Waals surface area contributed by atoms with E-state index in [1.54, 1.807) is 0 Å². The molecule has 88 valence electrons. The zero-order valence-electron chi connectivity index (χ0n) is 9.36. The van der Waals surface area contributed by atoms with E-state index in [-0.39, 0.29) is 10.2 Å². The predicted octanol–water partition coefficient (Wildman–Crippen LogP) is 3.19. The number of fused-ring (bicyclic) bond motifs is 5. The first-order valence-electron chi connectivity index (χ1n) is 5.71. The summed E-state index contributed by atoms with van der Waals surface area (Å²) in [6.07, 6.45) is 1.05. The summed E-state index contributed by atoms with van der Waals surface area (Å²) >= 11 is 2.67. The smallest absolute Gasteiger partial charge is 0.198 e. The van der Waals surface area contributed by atoms with Crippen LogP contribution >= 0.6 is 23.5 Å². The summed E-state index contributed by atoms with van der Waals surface area (Å²) in [5, 5.41) is 2.65. The third-order valence-electron chi connectivity index (χ3n) is 3.37. The second-order valence-electron chi connectivity index (χ2n) is 4.50. The molecular weight excluding hydrogens is 264 g/mol. The molecule has 0 radical (unpaired) electrons. The van der Waals surface area contributed by atoms with Crippen molar-refractivity contribution in [2.45, 2.75) is 22.6 Å². The first kappa shape index (κ1) is 10.6. The molecule has 2 aromatic carbocycles. The highest BCUT2D eigenvalue weighted by Crippen LogP contribution is 2.44.